The van der Waals surface area contributed by atoms with Crippen molar-refractivity contribution in [1.29, 1.82) is 0 Å². The number of aryl methyl sites for hydroxylation is 3. The highest BCUT2D eigenvalue weighted by molar-refractivity contribution is 6.31. The molecule has 2 aromatic rings. The Bertz CT molecular complexity index is 719. The molecular weight excluding hydrogens is 328 g/mol. The summed E-state index contributed by atoms with van der Waals surface area (Å²) in [7, 11) is 0. The Kier molecular flexibility index (Phi) is 5.89. The molecule has 0 spiro atoms. The highest BCUT2D eigenvalue weighted by Crippen LogP contribution is 2.31. The second-order valence-corrected chi connectivity index (χ2v) is 6.57. The normalized spacial score (nSPS) is 11.0. The van der Waals surface area contributed by atoms with Crippen molar-refractivity contribution in [2.24, 2.45) is 0 Å². The van der Waals surface area contributed by atoms with E-state index in [2.05, 4.69) is 24.3 Å². The van der Waals surface area contributed by atoms with E-state index in [1.807, 2.05) is 32.9 Å². The minimum Gasteiger partial charge on any atom is -0.483 e. The molecule has 1 N–H and O–H groups in total. The molecular formula is C18H23ClN2O3. The molecule has 0 aliphatic heterocycles. The molecule has 0 saturated carbocycles. The third kappa shape index (κ3) is 4.29. The first-order chi connectivity index (χ1) is 11.3. The van der Waals surface area contributed by atoms with Crippen LogP contribution in [-0.4, -0.2) is 17.7 Å². The van der Waals surface area contributed by atoms with Gasteiger partial charge in [0.1, 0.15) is 11.5 Å². The summed E-state index contributed by atoms with van der Waals surface area (Å²) in [6.07, 6.45) is 0. The first-order valence-corrected chi connectivity index (χ1v) is 8.28. The average Bonchev–Trinajstić information content (AvgIpc) is 2.84. The number of nitrogens with zero attached hydrogens (tertiary/aromatic N) is 1. The molecule has 1 aromatic carbocycles. The number of benzene rings is 1. The third-order valence-electron chi connectivity index (χ3n) is 3.92. The average molecular weight is 351 g/mol. The van der Waals surface area contributed by atoms with E-state index in [1.165, 1.54) is 0 Å². The van der Waals surface area contributed by atoms with E-state index < -0.39 is 0 Å². The monoisotopic (exact) mass is 350 g/mol. The van der Waals surface area contributed by atoms with Crippen LogP contribution in [-0.2, 0) is 11.3 Å². The Morgan fingerprint density at radius 2 is 2.04 bits per heavy atom. The first-order valence-electron chi connectivity index (χ1n) is 7.90. The Morgan fingerprint density at radius 3 is 2.62 bits per heavy atom. The van der Waals surface area contributed by atoms with Gasteiger partial charge in [-0.25, -0.2) is 0 Å². The largest absolute Gasteiger partial charge is 0.483 e. The second kappa shape index (κ2) is 7.71. The van der Waals surface area contributed by atoms with Crippen molar-refractivity contribution in [3.05, 3.63) is 45.3 Å². The van der Waals surface area contributed by atoms with Crippen molar-refractivity contribution in [1.82, 2.24) is 10.5 Å². The van der Waals surface area contributed by atoms with Gasteiger partial charge in [0.25, 0.3) is 5.91 Å². The number of aromatic nitrogens is 1. The Hall–Kier alpha value is -2.01. The predicted octanol–water partition coefficient (Wildman–Crippen LogP) is 4.07. The number of amides is 1. The number of nitrogens with one attached hydrogen (secondary N) is 1. The van der Waals surface area contributed by atoms with E-state index in [1.54, 1.807) is 0 Å². The molecule has 5 nitrogen and oxygen atoms in total. The van der Waals surface area contributed by atoms with Crippen LogP contribution in [0.4, 0.5) is 0 Å². The maximum Gasteiger partial charge on any atom is 0.258 e. The predicted molar refractivity (Wildman–Crippen MR) is 93.6 cm³/mol. The summed E-state index contributed by atoms with van der Waals surface area (Å²) in [6.45, 7) is 10.0. The second-order valence-electron chi connectivity index (χ2n) is 6.16. The summed E-state index contributed by atoms with van der Waals surface area (Å²) < 4.78 is 10.8. The van der Waals surface area contributed by atoms with Gasteiger partial charge in [-0.2, -0.15) is 0 Å². The molecule has 0 aliphatic carbocycles. The lowest BCUT2D eigenvalue weighted by Gasteiger charge is -2.16. The molecule has 24 heavy (non-hydrogen) atoms. The quantitative estimate of drug-likeness (QED) is 0.852. The fraction of sp³-hybridized carbons (Fsp3) is 0.444. The zero-order valence-electron chi connectivity index (χ0n) is 14.7. The minimum atomic E-state index is -0.197. The van der Waals surface area contributed by atoms with Gasteiger partial charge in [0.05, 0.1) is 5.69 Å². The summed E-state index contributed by atoms with van der Waals surface area (Å²) in [5.41, 5.74) is 3.59. The Balaban J connectivity index is 1.98. The molecule has 0 saturated heterocycles. The molecule has 6 heteroatoms. The number of rotatable bonds is 6. The van der Waals surface area contributed by atoms with Crippen LogP contribution in [0.15, 0.2) is 16.7 Å². The third-order valence-corrected chi connectivity index (χ3v) is 4.32. The van der Waals surface area contributed by atoms with Crippen LogP contribution < -0.4 is 10.1 Å². The van der Waals surface area contributed by atoms with E-state index in [-0.39, 0.29) is 18.4 Å². The SMILES string of the molecule is Cc1cc(OCC(=O)NCc2c(C)noc2C)c(C(C)C)cc1Cl. The summed E-state index contributed by atoms with van der Waals surface area (Å²) in [5, 5.41) is 7.39. The molecule has 0 radical (unpaired) electrons. The van der Waals surface area contributed by atoms with E-state index in [9.17, 15) is 4.79 Å². The number of halogens is 1. The van der Waals surface area contributed by atoms with Crippen LogP contribution in [0.5, 0.6) is 5.75 Å². The van der Waals surface area contributed by atoms with Crippen molar-refractivity contribution in [2.45, 2.75) is 47.1 Å². The van der Waals surface area contributed by atoms with Gasteiger partial charge in [0.2, 0.25) is 0 Å². The fourth-order valence-corrected chi connectivity index (χ4v) is 2.55. The molecule has 0 atom stereocenters. The van der Waals surface area contributed by atoms with Crippen LogP contribution in [0.3, 0.4) is 0 Å². The molecule has 0 bridgehead atoms. The zero-order chi connectivity index (χ0) is 17.9. The maximum atomic E-state index is 12.1. The lowest BCUT2D eigenvalue weighted by atomic mass is 10.0. The highest BCUT2D eigenvalue weighted by Gasteiger charge is 2.14. The van der Waals surface area contributed by atoms with Gasteiger partial charge in [-0.15, -0.1) is 0 Å². The molecule has 2 rings (SSSR count). The van der Waals surface area contributed by atoms with Crippen LogP contribution in [0, 0.1) is 20.8 Å². The fourth-order valence-electron chi connectivity index (χ4n) is 2.38. The van der Waals surface area contributed by atoms with E-state index in [4.69, 9.17) is 20.9 Å². The minimum absolute atomic E-state index is 0.0514. The molecule has 0 unspecified atom stereocenters. The summed E-state index contributed by atoms with van der Waals surface area (Å²) in [5.74, 6) is 1.46. The van der Waals surface area contributed by atoms with Gasteiger partial charge < -0.3 is 14.6 Å². The zero-order valence-corrected chi connectivity index (χ0v) is 15.5. The van der Waals surface area contributed by atoms with Crippen molar-refractivity contribution in [2.75, 3.05) is 6.61 Å². The van der Waals surface area contributed by atoms with Crippen LogP contribution >= 0.6 is 11.6 Å². The molecule has 1 amide bonds. The summed E-state index contributed by atoms with van der Waals surface area (Å²) in [4.78, 5) is 12.1. The molecule has 0 aliphatic rings. The molecule has 1 aromatic heterocycles. The number of carbonyl (C=O) groups excluding carboxylic acids is 1. The van der Waals surface area contributed by atoms with Gasteiger partial charge in [-0.1, -0.05) is 30.6 Å². The molecule has 1 heterocycles. The number of ether oxygens (including phenoxy) is 1. The van der Waals surface area contributed by atoms with Crippen molar-refractivity contribution in [3.8, 4) is 5.75 Å². The summed E-state index contributed by atoms with van der Waals surface area (Å²) >= 11 is 6.18. The van der Waals surface area contributed by atoms with Gasteiger partial charge in [0, 0.05) is 17.1 Å². The molecule has 130 valence electrons. The van der Waals surface area contributed by atoms with Crippen molar-refractivity contribution < 1.29 is 14.1 Å². The van der Waals surface area contributed by atoms with Crippen LogP contribution in [0.25, 0.3) is 0 Å². The Labute approximate surface area is 147 Å². The van der Waals surface area contributed by atoms with E-state index in [0.717, 1.165) is 22.4 Å². The van der Waals surface area contributed by atoms with E-state index in [0.29, 0.717) is 23.1 Å². The van der Waals surface area contributed by atoms with Crippen molar-refractivity contribution >= 4 is 17.5 Å². The topological polar surface area (TPSA) is 64.4 Å². The van der Waals surface area contributed by atoms with Gasteiger partial charge in [-0.05, 0) is 49.9 Å². The first kappa shape index (κ1) is 18.3. The lowest BCUT2D eigenvalue weighted by molar-refractivity contribution is -0.123. The van der Waals surface area contributed by atoms with Gasteiger partial charge in [-0.3, -0.25) is 4.79 Å². The smallest absolute Gasteiger partial charge is 0.258 e. The van der Waals surface area contributed by atoms with E-state index >= 15 is 0 Å². The summed E-state index contributed by atoms with van der Waals surface area (Å²) in [6, 6.07) is 3.78. The number of hydrogen-bond donors (Lipinski definition) is 1. The number of carbonyl (C=O) groups is 1. The van der Waals surface area contributed by atoms with Gasteiger partial charge in [0.15, 0.2) is 6.61 Å². The highest BCUT2D eigenvalue weighted by atomic mass is 35.5. The van der Waals surface area contributed by atoms with Crippen molar-refractivity contribution in [3.63, 3.8) is 0 Å². The van der Waals surface area contributed by atoms with Crippen LogP contribution in [0.2, 0.25) is 5.02 Å². The van der Waals surface area contributed by atoms with Crippen LogP contribution in [0.1, 0.15) is 47.9 Å². The standard InChI is InChI=1S/C18H23ClN2O3/c1-10(2)14-7-16(19)11(3)6-17(14)23-9-18(22)20-8-15-12(4)21-24-13(15)5/h6-7,10H,8-9H2,1-5H3,(H,20,22). The maximum absolute atomic E-state index is 12.1. The molecule has 0 fully saturated rings. The number of hydrogen-bond acceptors (Lipinski definition) is 4. The Morgan fingerprint density at radius 1 is 1.33 bits per heavy atom. The van der Waals surface area contributed by atoms with Gasteiger partial charge >= 0.3 is 0 Å². The lowest BCUT2D eigenvalue weighted by Crippen LogP contribution is -2.29.